The van der Waals surface area contributed by atoms with Gasteiger partial charge in [0.25, 0.3) is 11.5 Å². The van der Waals surface area contributed by atoms with Crippen molar-refractivity contribution in [2.24, 2.45) is 0 Å². The summed E-state index contributed by atoms with van der Waals surface area (Å²) in [5.41, 5.74) is 1.32. The van der Waals surface area contributed by atoms with Gasteiger partial charge in [-0.3, -0.25) is 18.9 Å². The molecule has 0 bridgehead atoms. The summed E-state index contributed by atoms with van der Waals surface area (Å²) < 4.78 is 27.6. The third-order valence-corrected chi connectivity index (χ3v) is 9.20. The topological polar surface area (TPSA) is 119 Å². The van der Waals surface area contributed by atoms with Crippen LogP contribution in [0.25, 0.3) is 11.7 Å². The van der Waals surface area contributed by atoms with Crippen LogP contribution in [-0.2, 0) is 21.2 Å². The van der Waals surface area contributed by atoms with E-state index in [-0.39, 0.29) is 33.4 Å². The Balaban J connectivity index is 1.47. The first kappa shape index (κ1) is 24.7. The van der Waals surface area contributed by atoms with Gasteiger partial charge in [-0.1, -0.05) is 30.0 Å². The Hall–Kier alpha value is -3.03. The van der Waals surface area contributed by atoms with Gasteiger partial charge in [-0.25, -0.2) is 18.4 Å². The summed E-state index contributed by atoms with van der Waals surface area (Å²) in [4.78, 5) is 37.1. The molecule has 188 valence electrons. The standard InChI is InChI=1S/C23H24N6O4S3/c1-15-3-4-19-26-20(25-6-2-8-27-9-7-24-14-27)17(21(30)28(19)12-15)11-18-22(31)29(23(34)35-18)16-5-10-36(32,33)13-16/h3-4,7,9,11-12,14,16,25H,2,5-6,8,10,13H2,1H3. The number of aromatic nitrogens is 4. The van der Waals surface area contributed by atoms with Gasteiger partial charge in [0.15, 0.2) is 9.84 Å². The van der Waals surface area contributed by atoms with Crippen molar-refractivity contribution in [3.8, 4) is 0 Å². The number of aryl methyl sites for hydroxylation is 2. The molecule has 0 aromatic carbocycles. The van der Waals surface area contributed by atoms with E-state index in [1.54, 1.807) is 24.8 Å². The molecule has 36 heavy (non-hydrogen) atoms. The molecule has 2 saturated heterocycles. The average molecular weight is 545 g/mol. The molecule has 2 aliphatic heterocycles. The molecule has 5 heterocycles. The van der Waals surface area contributed by atoms with Crippen molar-refractivity contribution in [1.82, 2.24) is 23.8 Å². The summed E-state index contributed by atoms with van der Waals surface area (Å²) in [6, 6.07) is 3.18. The molecule has 5 rings (SSSR count). The maximum absolute atomic E-state index is 13.5. The predicted molar refractivity (Wildman–Crippen MR) is 144 cm³/mol. The van der Waals surface area contributed by atoms with Crippen molar-refractivity contribution >= 4 is 61.6 Å². The van der Waals surface area contributed by atoms with Crippen LogP contribution < -0.4 is 10.9 Å². The van der Waals surface area contributed by atoms with Crippen LogP contribution in [-0.4, -0.2) is 66.6 Å². The van der Waals surface area contributed by atoms with E-state index in [1.165, 1.54) is 15.4 Å². The highest BCUT2D eigenvalue weighted by atomic mass is 32.2. The number of nitrogens with zero attached hydrogens (tertiary/aromatic N) is 5. The number of imidazole rings is 1. The smallest absolute Gasteiger partial charge is 0.267 e. The second-order valence-electron chi connectivity index (χ2n) is 8.80. The number of fused-ring (bicyclic) bond motifs is 1. The van der Waals surface area contributed by atoms with Crippen molar-refractivity contribution in [2.75, 3.05) is 23.4 Å². The van der Waals surface area contributed by atoms with Crippen molar-refractivity contribution in [3.05, 3.63) is 63.4 Å². The highest BCUT2D eigenvalue weighted by molar-refractivity contribution is 8.26. The van der Waals surface area contributed by atoms with E-state index in [1.807, 2.05) is 23.8 Å². The lowest BCUT2D eigenvalue weighted by Gasteiger charge is -2.20. The Bertz CT molecular complexity index is 1550. The SMILES string of the molecule is Cc1ccc2nc(NCCCn3ccnc3)c(C=C3SC(=S)N(C4CCS(=O)(=O)C4)C3=O)c(=O)n2c1. The quantitative estimate of drug-likeness (QED) is 0.271. The average Bonchev–Trinajstić information content (AvgIpc) is 3.54. The van der Waals surface area contributed by atoms with Crippen LogP contribution in [0.15, 0.2) is 46.8 Å². The van der Waals surface area contributed by atoms with Gasteiger partial charge >= 0.3 is 0 Å². The van der Waals surface area contributed by atoms with Gasteiger partial charge in [0.1, 0.15) is 15.8 Å². The summed E-state index contributed by atoms with van der Waals surface area (Å²) >= 11 is 6.49. The van der Waals surface area contributed by atoms with E-state index in [4.69, 9.17) is 12.2 Å². The molecular formula is C23H24N6O4S3. The number of rotatable bonds is 7. The fraction of sp³-hybridized carbons (Fsp3) is 0.348. The first-order chi connectivity index (χ1) is 17.2. The van der Waals surface area contributed by atoms with E-state index in [0.29, 0.717) is 28.8 Å². The molecule has 1 unspecified atom stereocenters. The third-order valence-electron chi connectivity index (χ3n) is 6.12. The molecule has 10 nitrogen and oxygen atoms in total. The van der Waals surface area contributed by atoms with Crippen molar-refractivity contribution in [3.63, 3.8) is 0 Å². The Labute approximate surface area is 217 Å². The van der Waals surface area contributed by atoms with Crippen LogP contribution in [0.2, 0.25) is 0 Å². The van der Waals surface area contributed by atoms with E-state index in [9.17, 15) is 18.0 Å². The van der Waals surface area contributed by atoms with E-state index < -0.39 is 15.9 Å². The molecule has 1 N–H and O–H groups in total. The predicted octanol–water partition coefficient (Wildman–Crippen LogP) is 2.09. The normalized spacial score (nSPS) is 20.6. The molecule has 13 heteroatoms. The number of carbonyl (C=O) groups is 1. The fourth-order valence-electron chi connectivity index (χ4n) is 4.32. The van der Waals surface area contributed by atoms with Crippen LogP contribution in [0.4, 0.5) is 5.82 Å². The maximum atomic E-state index is 13.5. The number of nitrogens with one attached hydrogen (secondary N) is 1. The van der Waals surface area contributed by atoms with Crippen molar-refractivity contribution in [1.29, 1.82) is 0 Å². The summed E-state index contributed by atoms with van der Waals surface area (Å²) in [5.74, 6) is -0.0679. The summed E-state index contributed by atoms with van der Waals surface area (Å²) in [7, 11) is -3.19. The van der Waals surface area contributed by atoms with Gasteiger partial charge in [-0.05, 0) is 37.5 Å². The van der Waals surface area contributed by atoms with Gasteiger partial charge in [0.05, 0.1) is 34.3 Å². The van der Waals surface area contributed by atoms with Crippen LogP contribution in [0.1, 0.15) is 24.0 Å². The number of sulfone groups is 1. The van der Waals surface area contributed by atoms with Crippen LogP contribution in [0, 0.1) is 6.92 Å². The van der Waals surface area contributed by atoms with Gasteiger partial charge in [-0.2, -0.15) is 0 Å². The molecule has 1 atom stereocenters. The van der Waals surface area contributed by atoms with E-state index in [0.717, 1.165) is 30.3 Å². The molecule has 3 aromatic heterocycles. The largest absolute Gasteiger partial charge is 0.369 e. The minimum Gasteiger partial charge on any atom is -0.369 e. The molecule has 2 aliphatic rings. The number of amides is 1. The zero-order valence-electron chi connectivity index (χ0n) is 19.5. The van der Waals surface area contributed by atoms with Crippen LogP contribution in [0.3, 0.4) is 0 Å². The second kappa shape index (κ2) is 9.79. The number of thiocarbonyl (C=S) groups is 1. The number of carbonyl (C=O) groups excluding carboxylic acids is 1. The monoisotopic (exact) mass is 544 g/mol. The number of hydrogen-bond donors (Lipinski definition) is 1. The lowest BCUT2D eigenvalue weighted by Crippen LogP contribution is -2.39. The van der Waals surface area contributed by atoms with Crippen LogP contribution in [0.5, 0.6) is 0 Å². The minimum atomic E-state index is -3.19. The first-order valence-electron chi connectivity index (χ1n) is 11.4. The molecule has 0 spiro atoms. The van der Waals surface area contributed by atoms with Crippen LogP contribution >= 0.6 is 24.0 Å². The fourth-order valence-corrected chi connectivity index (χ4v) is 7.40. The number of hydrogen-bond acceptors (Lipinski definition) is 9. The molecule has 0 aliphatic carbocycles. The third kappa shape index (κ3) is 4.95. The molecule has 1 amide bonds. The summed E-state index contributed by atoms with van der Waals surface area (Å²) in [6.07, 6.45) is 9.69. The molecular weight excluding hydrogens is 520 g/mol. The number of anilines is 1. The Morgan fingerprint density at radius 1 is 1.31 bits per heavy atom. The van der Waals surface area contributed by atoms with Crippen molar-refractivity contribution < 1.29 is 13.2 Å². The summed E-state index contributed by atoms with van der Waals surface area (Å²) in [6.45, 7) is 3.18. The zero-order valence-corrected chi connectivity index (χ0v) is 21.9. The molecule has 2 fully saturated rings. The van der Waals surface area contributed by atoms with E-state index in [2.05, 4.69) is 15.3 Å². The molecule has 0 radical (unpaired) electrons. The lowest BCUT2D eigenvalue weighted by atomic mass is 10.2. The highest BCUT2D eigenvalue weighted by Crippen LogP contribution is 2.36. The summed E-state index contributed by atoms with van der Waals surface area (Å²) in [5, 5.41) is 3.25. The minimum absolute atomic E-state index is 0.0379. The highest BCUT2D eigenvalue weighted by Gasteiger charge is 2.42. The van der Waals surface area contributed by atoms with Gasteiger partial charge in [-0.15, -0.1) is 0 Å². The zero-order chi connectivity index (χ0) is 25.4. The van der Waals surface area contributed by atoms with E-state index >= 15 is 0 Å². The first-order valence-corrected chi connectivity index (χ1v) is 14.5. The second-order valence-corrected chi connectivity index (χ2v) is 12.7. The van der Waals surface area contributed by atoms with Gasteiger partial charge in [0.2, 0.25) is 0 Å². The maximum Gasteiger partial charge on any atom is 0.267 e. The Morgan fingerprint density at radius 3 is 2.86 bits per heavy atom. The number of thioether (sulfide) groups is 1. The molecule has 0 saturated carbocycles. The Morgan fingerprint density at radius 2 is 2.14 bits per heavy atom. The Kier molecular flexibility index (Phi) is 6.70. The van der Waals surface area contributed by atoms with Gasteiger partial charge < -0.3 is 9.88 Å². The molecule has 3 aromatic rings. The lowest BCUT2D eigenvalue weighted by molar-refractivity contribution is -0.123. The van der Waals surface area contributed by atoms with Crippen molar-refractivity contribution in [2.45, 2.75) is 32.4 Å². The van der Waals surface area contributed by atoms with Gasteiger partial charge in [0, 0.05) is 31.7 Å². The number of pyridine rings is 1.